The number of anilines is 1. The number of nitrogens with two attached hydrogens (primary N) is 1. The second-order valence-corrected chi connectivity index (χ2v) is 10.0. The third kappa shape index (κ3) is 4.10. The van der Waals surface area contributed by atoms with Crippen LogP contribution < -0.4 is 16.0 Å². The van der Waals surface area contributed by atoms with Crippen LogP contribution in [-0.4, -0.2) is 31.4 Å². The van der Waals surface area contributed by atoms with Gasteiger partial charge in [-0.25, -0.2) is 23.4 Å². The van der Waals surface area contributed by atoms with Crippen molar-refractivity contribution in [3.63, 3.8) is 0 Å². The number of fused-ring (bicyclic) bond motifs is 2. The van der Waals surface area contributed by atoms with Gasteiger partial charge in [-0.05, 0) is 55.5 Å². The molecular weight excluding hydrogens is 502 g/mol. The van der Waals surface area contributed by atoms with Crippen LogP contribution >= 0.6 is 0 Å². The summed E-state index contributed by atoms with van der Waals surface area (Å²) >= 11 is 0. The van der Waals surface area contributed by atoms with E-state index in [0.717, 1.165) is 32.1 Å². The zero-order valence-electron chi connectivity index (χ0n) is 21.7. The summed E-state index contributed by atoms with van der Waals surface area (Å²) in [5.74, 6) is -0.756. The Bertz CT molecular complexity index is 1770. The molecule has 1 saturated carbocycles. The van der Waals surface area contributed by atoms with Gasteiger partial charge in [-0.2, -0.15) is 5.10 Å². The van der Waals surface area contributed by atoms with E-state index in [1.54, 1.807) is 27.4 Å². The van der Waals surface area contributed by atoms with Crippen molar-refractivity contribution in [3.05, 3.63) is 76.5 Å². The topological polar surface area (TPSA) is 101 Å². The van der Waals surface area contributed by atoms with Gasteiger partial charge in [0.1, 0.15) is 23.7 Å². The maximum atomic E-state index is 14.9. The molecule has 1 unspecified atom stereocenters. The van der Waals surface area contributed by atoms with Crippen molar-refractivity contribution >= 4 is 27.6 Å². The van der Waals surface area contributed by atoms with Crippen LogP contribution in [0.25, 0.3) is 33.1 Å². The summed E-state index contributed by atoms with van der Waals surface area (Å²) in [6, 6.07) is 10.5. The van der Waals surface area contributed by atoms with E-state index < -0.39 is 17.7 Å². The first-order valence-electron chi connectivity index (χ1n) is 13.0. The van der Waals surface area contributed by atoms with E-state index in [4.69, 9.17) is 15.6 Å². The Morgan fingerprint density at radius 2 is 1.82 bits per heavy atom. The minimum Gasteiger partial charge on any atom is -0.494 e. The lowest BCUT2D eigenvalue weighted by atomic mass is 9.94. The lowest BCUT2D eigenvalue weighted by Gasteiger charge is -2.29. The number of benzene rings is 2. The van der Waals surface area contributed by atoms with Crippen LogP contribution in [0.1, 0.15) is 56.8 Å². The summed E-state index contributed by atoms with van der Waals surface area (Å²) in [6.07, 6.45) is 6.14. The number of rotatable bonds is 5. The second kappa shape index (κ2) is 9.76. The highest BCUT2D eigenvalue weighted by atomic mass is 19.1. The fourth-order valence-corrected chi connectivity index (χ4v) is 5.80. The molecule has 2 aromatic carbocycles. The average molecular weight is 531 g/mol. The van der Waals surface area contributed by atoms with Gasteiger partial charge in [0.15, 0.2) is 17.2 Å². The van der Waals surface area contributed by atoms with E-state index in [0.29, 0.717) is 33.4 Å². The Morgan fingerprint density at radius 1 is 1.03 bits per heavy atom. The minimum absolute atomic E-state index is 0.0515. The normalized spacial score (nSPS) is 15.2. The molecule has 2 N–H and O–H groups in total. The minimum atomic E-state index is -0.538. The fraction of sp³-hybridized carbons (Fsp3) is 0.310. The molecule has 10 heteroatoms. The first-order chi connectivity index (χ1) is 18.9. The predicted octanol–water partition coefficient (Wildman–Crippen LogP) is 5.79. The third-order valence-electron chi connectivity index (χ3n) is 7.74. The molecule has 0 aliphatic heterocycles. The van der Waals surface area contributed by atoms with Crippen LogP contribution in [0, 0.1) is 11.6 Å². The number of hydrogen-bond donors (Lipinski definition) is 1. The van der Waals surface area contributed by atoms with Gasteiger partial charge in [0.05, 0.1) is 23.9 Å². The van der Waals surface area contributed by atoms with E-state index in [2.05, 4.69) is 9.97 Å². The van der Waals surface area contributed by atoms with Crippen molar-refractivity contribution in [2.24, 2.45) is 0 Å². The monoisotopic (exact) mass is 530 g/mol. The number of nitrogens with zero attached hydrogens (tertiary/aromatic N) is 5. The van der Waals surface area contributed by atoms with Gasteiger partial charge in [-0.15, -0.1) is 0 Å². The first-order valence-corrected chi connectivity index (χ1v) is 13.0. The van der Waals surface area contributed by atoms with Crippen molar-refractivity contribution in [1.29, 1.82) is 0 Å². The number of ether oxygens (including phenoxy) is 1. The van der Waals surface area contributed by atoms with Gasteiger partial charge in [0, 0.05) is 17.3 Å². The molecule has 0 spiro atoms. The van der Waals surface area contributed by atoms with Crippen LogP contribution in [0.15, 0.2) is 53.6 Å². The molecule has 3 heterocycles. The van der Waals surface area contributed by atoms with Gasteiger partial charge < -0.3 is 15.0 Å². The number of aromatic nitrogens is 5. The molecule has 6 rings (SSSR count). The molecule has 1 fully saturated rings. The number of nitrogen functional groups attached to an aromatic ring is 1. The molecule has 1 atom stereocenters. The Hall–Kier alpha value is -4.34. The summed E-state index contributed by atoms with van der Waals surface area (Å²) in [4.78, 5) is 22.5. The molecule has 8 nitrogen and oxygen atoms in total. The average Bonchev–Trinajstić information content (AvgIpc) is 3.34. The molecule has 1 aliphatic rings. The quantitative estimate of drug-likeness (QED) is 0.309. The zero-order chi connectivity index (χ0) is 27.3. The van der Waals surface area contributed by atoms with Crippen molar-refractivity contribution in [2.75, 3.05) is 12.8 Å². The maximum absolute atomic E-state index is 14.9. The predicted molar refractivity (Wildman–Crippen MR) is 146 cm³/mol. The highest BCUT2D eigenvalue weighted by Gasteiger charge is 2.28. The molecule has 1 aliphatic carbocycles. The molecule has 0 bridgehead atoms. The van der Waals surface area contributed by atoms with Gasteiger partial charge in [-0.1, -0.05) is 31.4 Å². The summed E-state index contributed by atoms with van der Waals surface area (Å²) < 4.78 is 38.0. The standard InChI is InChI=1S/C29H28F2N6O2/c1-16(22-14-17-7-6-10-20(30)24(17)29(38)36(22)19-8-4-3-5-9-19)37-28-25(27(32)33-15-34-28)26(35-37)18-11-12-23(39-2)21(31)13-18/h6-7,10-16,19H,3-5,8-9H2,1-2H3,(H2,32,33,34). The SMILES string of the molecule is COc1ccc(-c2nn(C(C)c3cc4cccc(F)c4c(=O)n3C3CCCCC3)c3ncnc(N)c23)cc1F. The molecular formula is C29H28F2N6O2. The molecule has 200 valence electrons. The number of hydrogen-bond acceptors (Lipinski definition) is 6. The van der Waals surface area contributed by atoms with Crippen LogP contribution in [0.2, 0.25) is 0 Å². The summed E-state index contributed by atoms with van der Waals surface area (Å²) in [7, 11) is 1.40. The highest BCUT2D eigenvalue weighted by Crippen LogP contribution is 2.36. The molecule has 5 aromatic rings. The largest absolute Gasteiger partial charge is 0.494 e. The van der Waals surface area contributed by atoms with E-state index in [1.807, 2.05) is 13.0 Å². The lowest BCUT2D eigenvalue weighted by Crippen LogP contribution is -2.32. The van der Waals surface area contributed by atoms with Crippen molar-refractivity contribution in [2.45, 2.75) is 51.1 Å². The van der Waals surface area contributed by atoms with Gasteiger partial charge >= 0.3 is 0 Å². The fourth-order valence-electron chi connectivity index (χ4n) is 5.80. The Morgan fingerprint density at radius 3 is 2.56 bits per heavy atom. The Balaban J connectivity index is 1.59. The van der Waals surface area contributed by atoms with Gasteiger partial charge in [0.2, 0.25) is 0 Å². The summed E-state index contributed by atoms with van der Waals surface area (Å²) in [5, 5.41) is 5.94. The van der Waals surface area contributed by atoms with Crippen LogP contribution in [0.4, 0.5) is 14.6 Å². The van der Waals surface area contributed by atoms with Crippen molar-refractivity contribution in [3.8, 4) is 17.0 Å². The molecule has 39 heavy (non-hydrogen) atoms. The molecule has 0 radical (unpaired) electrons. The summed E-state index contributed by atoms with van der Waals surface area (Å²) in [6.45, 7) is 1.92. The number of pyridine rings is 1. The molecule has 0 amide bonds. The zero-order valence-corrected chi connectivity index (χ0v) is 21.7. The van der Waals surface area contributed by atoms with Crippen molar-refractivity contribution < 1.29 is 13.5 Å². The molecule has 3 aromatic heterocycles. The van der Waals surface area contributed by atoms with Crippen LogP contribution in [-0.2, 0) is 0 Å². The van der Waals surface area contributed by atoms with E-state index in [1.165, 1.54) is 31.6 Å². The lowest BCUT2D eigenvalue weighted by molar-refractivity contribution is 0.331. The van der Waals surface area contributed by atoms with E-state index >= 15 is 0 Å². The molecule has 0 saturated heterocycles. The van der Waals surface area contributed by atoms with Gasteiger partial charge in [0.25, 0.3) is 5.56 Å². The second-order valence-electron chi connectivity index (χ2n) is 10.0. The third-order valence-corrected chi connectivity index (χ3v) is 7.74. The Labute approximate surface area is 223 Å². The number of methoxy groups -OCH3 is 1. The van der Waals surface area contributed by atoms with Crippen LogP contribution in [0.5, 0.6) is 5.75 Å². The summed E-state index contributed by atoms with van der Waals surface area (Å²) in [5.41, 5.74) is 7.97. The first kappa shape index (κ1) is 25.0. The Kier molecular flexibility index (Phi) is 6.25. The van der Waals surface area contributed by atoms with E-state index in [9.17, 15) is 13.6 Å². The number of halogens is 2. The maximum Gasteiger partial charge on any atom is 0.261 e. The van der Waals surface area contributed by atoms with Crippen molar-refractivity contribution in [1.82, 2.24) is 24.3 Å². The van der Waals surface area contributed by atoms with Gasteiger partial charge in [-0.3, -0.25) is 4.79 Å². The highest BCUT2D eigenvalue weighted by molar-refractivity contribution is 5.98. The van der Waals surface area contributed by atoms with Crippen LogP contribution in [0.3, 0.4) is 0 Å². The smallest absolute Gasteiger partial charge is 0.261 e. The van der Waals surface area contributed by atoms with E-state index in [-0.39, 0.29) is 28.6 Å².